The molecule has 0 aromatic rings. The Bertz CT molecular complexity index is 299. The van der Waals surface area contributed by atoms with Gasteiger partial charge in [0.05, 0.1) is 11.8 Å². The largest absolute Gasteiger partial charge is 0.481 e. The zero-order valence-corrected chi connectivity index (χ0v) is 18.2. The summed E-state index contributed by atoms with van der Waals surface area (Å²) in [7, 11) is 0. The highest BCUT2D eigenvalue weighted by Crippen LogP contribution is 1.96. The summed E-state index contributed by atoms with van der Waals surface area (Å²) < 4.78 is 0. The lowest BCUT2D eigenvalue weighted by Crippen LogP contribution is -2.32. The van der Waals surface area contributed by atoms with Gasteiger partial charge in [-0.1, -0.05) is 67.7 Å². The monoisotopic (exact) mass is 376 g/mol. The van der Waals surface area contributed by atoms with E-state index in [9.17, 15) is 9.59 Å². The second kappa shape index (κ2) is 21.9. The van der Waals surface area contributed by atoms with Crippen molar-refractivity contribution in [2.45, 2.75) is 74.1 Å². The van der Waals surface area contributed by atoms with E-state index in [0.717, 1.165) is 6.54 Å². The van der Waals surface area contributed by atoms with E-state index >= 15 is 0 Å². The number of nitrogens with zero attached hydrogens (tertiary/aromatic N) is 1. The van der Waals surface area contributed by atoms with Gasteiger partial charge in [-0.25, -0.2) is 0 Å². The van der Waals surface area contributed by atoms with Gasteiger partial charge in [-0.15, -0.1) is 0 Å². The number of carboxylic acids is 2. The molecule has 3 N–H and O–H groups in total. The Balaban J connectivity index is -0.000000364. The molecule has 0 amide bonds. The molecule has 0 aliphatic rings. The zero-order valence-electron chi connectivity index (χ0n) is 18.2. The Hall–Kier alpha value is -1.14. The number of carbonyl (C=O) groups is 2. The lowest BCUT2D eigenvalue weighted by atomic mass is 10.2. The number of hydrogen-bond donors (Lipinski definition) is 3. The maximum atomic E-state index is 9.70. The molecule has 0 aliphatic heterocycles. The zero-order chi connectivity index (χ0) is 21.0. The summed E-state index contributed by atoms with van der Waals surface area (Å²) >= 11 is 0. The van der Waals surface area contributed by atoms with E-state index < -0.39 is 11.9 Å². The first-order valence-corrected chi connectivity index (χ1v) is 10.0. The van der Waals surface area contributed by atoms with Crippen LogP contribution in [0.5, 0.6) is 0 Å². The van der Waals surface area contributed by atoms with E-state index in [1.165, 1.54) is 51.9 Å². The molecule has 26 heavy (non-hydrogen) atoms. The van der Waals surface area contributed by atoms with Gasteiger partial charge in [0.2, 0.25) is 0 Å². The van der Waals surface area contributed by atoms with Crippen LogP contribution >= 0.6 is 0 Å². The minimum atomic E-state index is -0.741. The molecule has 6 nitrogen and oxygen atoms in total. The fourth-order valence-electron chi connectivity index (χ4n) is 1.58. The molecule has 6 heteroatoms. The van der Waals surface area contributed by atoms with E-state index in [-0.39, 0.29) is 11.8 Å². The highest BCUT2D eigenvalue weighted by atomic mass is 16.4. The van der Waals surface area contributed by atoms with Crippen molar-refractivity contribution >= 4 is 11.9 Å². The quantitative estimate of drug-likeness (QED) is 0.447. The molecule has 0 fully saturated rings. The molecule has 0 rings (SSSR count). The Labute approximate surface area is 161 Å². The van der Waals surface area contributed by atoms with Crippen molar-refractivity contribution < 1.29 is 19.8 Å². The summed E-state index contributed by atoms with van der Waals surface area (Å²) in [6.07, 6.45) is 5.44. The fraction of sp³-hybridized carbons (Fsp3) is 0.900. The normalized spacial score (nSPS) is 10.2. The topological polar surface area (TPSA) is 89.9 Å². The van der Waals surface area contributed by atoms with E-state index in [0.29, 0.717) is 0 Å². The van der Waals surface area contributed by atoms with E-state index in [1.807, 2.05) is 0 Å². The van der Waals surface area contributed by atoms with Gasteiger partial charge in [0.25, 0.3) is 0 Å². The Morgan fingerprint density at radius 3 is 1.54 bits per heavy atom. The summed E-state index contributed by atoms with van der Waals surface area (Å²) in [4.78, 5) is 21.9. The first-order chi connectivity index (χ1) is 12.1. The van der Waals surface area contributed by atoms with Crippen LogP contribution in [0.15, 0.2) is 0 Å². The molecule has 0 saturated heterocycles. The third-order valence-corrected chi connectivity index (χ3v) is 3.69. The van der Waals surface area contributed by atoms with Gasteiger partial charge in [0.15, 0.2) is 0 Å². The first kappa shape index (κ1) is 29.6. The minimum absolute atomic E-state index is 0.231. The SMILES string of the molecule is CC(C)C(=O)O.CC(C)C(=O)O.CCCCCCNCCN(CC)CC. The van der Waals surface area contributed by atoms with Crippen LogP contribution < -0.4 is 5.32 Å². The van der Waals surface area contributed by atoms with Crippen molar-refractivity contribution in [1.29, 1.82) is 0 Å². The average molecular weight is 377 g/mol. The molecular weight excluding hydrogens is 332 g/mol. The van der Waals surface area contributed by atoms with Crippen LogP contribution in [0, 0.1) is 11.8 Å². The molecule has 0 saturated carbocycles. The molecule has 0 bridgehead atoms. The summed E-state index contributed by atoms with van der Waals surface area (Å²) in [5, 5.41) is 19.5. The van der Waals surface area contributed by atoms with Gasteiger partial charge >= 0.3 is 11.9 Å². The van der Waals surface area contributed by atoms with Crippen LogP contribution in [0.2, 0.25) is 0 Å². The molecule has 0 unspecified atom stereocenters. The summed E-state index contributed by atoms with van der Waals surface area (Å²) in [5.41, 5.74) is 0. The van der Waals surface area contributed by atoms with Crippen molar-refractivity contribution in [2.24, 2.45) is 11.8 Å². The van der Waals surface area contributed by atoms with Gasteiger partial charge in [0.1, 0.15) is 0 Å². The number of unbranched alkanes of at least 4 members (excludes halogenated alkanes) is 3. The summed E-state index contributed by atoms with van der Waals surface area (Å²) in [5.74, 6) is -1.94. The van der Waals surface area contributed by atoms with Gasteiger partial charge < -0.3 is 20.4 Å². The Morgan fingerprint density at radius 2 is 1.23 bits per heavy atom. The van der Waals surface area contributed by atoms with Crippen molar-refractivity contribution in [3.8, 4) is 0 Å². The standard InChI is InChI=1S/C12H28N2.2C4H8O2/c1-4-7-8-9-10-13-11-12-14(5-2)6-3;2*1-3(2)4(5)6/h13H,4-12H2,1-3H3;2*3H,1-2H3,(H,5,6). The van der Waals surface area contributed by atoms with Crippen molar-refractivity contribution in [2.75, 3.05) is 32.7 Å². The van der Waals surface area contributed by atoms with E-state index in [2.05, 4.69) is 31.0 Å². The fourth-order valence-corrected chi connectivity index (χ4v) is 1.58. The molecule has 0 aromatic heterocycles. The molecular formula is C20H44N2O4. The van der Waals surface area contributed by atoms with E-state index in [4.69, 9.17) is 10.2 Å². The second-order valence-corrected chi connectivity index (χ2v) is 6.82. The van der Waals surface area contributed by atoms with Crippen molar-refractivity contribution in [3.63, 3.8) is 0 Å². The molecule has 0 spiro atoms. The lowest BCUT2D eigenvalue weighted by molar-refractivity contribution is -0.141. The molecule has 0 atom stereocenters. The van der Waals surface area contributed by atoms with Crippen LogP contribution in [-0.4, -0.2) is 59.8 Å². The summed E-state index contributed by atoms with van der Waals surface area (Å²) in [6.45, 7) is 19.2. The minimum Gasteiger partial charge on any atom is -0.481 e. The molecule has 158 valence electrons. The van der Waals surface area contributed by atoms with Gasteiger partial charge in [-0.2, -0.15) is 0 Å². The van der Waals surface area contributed by atoms with Gasteiger partial charge in [0, 0.05) is 13.1 Å². The van der Waals surface area contributed by atoms with Crippen LogP contribution in [0.1, 0.15) is 74.1 Å². The number of aliphatic carboxylic acids is 2. The lowest BCUT2D eigenvalue weighted by Gasteiger charge is -2.17. The Kier molecular flexibility index (Phi) is 24.9. The van der Waals surface area contributed by atoms with Crippen molar-refractivity contribution in [1.82, 2.24) is 10.2 Å². The van der Waals surface area contributed by atoms with Gasteiger partial charge in [-0.05, 0) is 26.1 Å². The Morgan fingerprint density at radius 1 is 0.808 bits per heavy atom. The number of likely N-dealkylation sites (N-methyl/N-ethyl adjacent to an activating group) is 1. The molecule has 0 aliphatic carbocycles. The van der Waals surface area contributed by atoms with Crippen LogP contribution in [0.3, 0.4) is 0 Å². The van der Waals surface area contributed by atoms with Crippen LogP contribution in [0.25, 0.3) is 0 Å². The maximum Gasteiger partial charge on any atom is 0.305 e. The molecule has 0 radical (unpaired) electrons. The van der Waals surface area contributed by atoms with Crippen LogP contribution in [0.4, 0.5) is 0 Å². The highest BCUT2D eigenvalue weighted by molar-refractivity contribution is 5.69. The number of hydrogen-bond acceptors (Lipinski definition) is 4. The third kappa shape index (κ3) is 27.7. The number of rotatable bonds is 12. The average Bonchev–Trinajstić information content (AvgIpc) is 2.58. The molecule has 0 aromatic carbocycles. The van der Waals surface area contributed by atoms with E-state index in [1.54, 1.807) is 27.7 Å². The molecule has 0 heterocycles. The van der Waals surface area contributed by atoms with Crippen molar-refractivity contribution in [3.05, 3.63) is 0 Å². The predicted molar refractivity (Wildman–Crippen MR) is 110 cm³/mol. The number of carboxylic acid groups (broad SMARTS) is 2. The summed E-state index contributed by atoms with van der Waals surface area (Å²) in [6, 6.07) is 0. The second-order valence-electron chi connectivity index (χ2n) is 6.82. The van der Waals surface area contributed by atoms with Crippen LogP contribution in [-0.2, 0) is 9.59 Å². The third-order valence-electron chi connectivity index (χ3n) is 3.69. The highest BCUT2D eigenvalue weighted by Gasteiger charge is 2.00. The number of nitrogens with one attached hydrogen (secondary N) is 1. The first-order valence-electron chi connectivity index (χ1n) is 10.0. The maximum absolute atomic E-state index is 9.70. The van der Waals surface area contributed by atoms with Gasteiger partial charge in [-0.3, -0.25) is 9.59 Å². The predicted octanol–water partition coefficient (Wildman–Crippen LogP) is 3.95. The smallest absolute Gasteiger partial charge is 0.305 e.